The predicted molar refractivity (Wildman–Crippen MR) is 124 cm³/mol. The lowest BCUT2D eigenvalue weighted by molar-refractivity contribution is -0.145. The Morgan fingerprint density at radius 3 is 2.58 bits per heavy atom. The van der Waals surface area contributed by atoms with E-state index in [0.29, 0.717) is 34.7 Å². The van der Waals surface area contributed by atoms with Crippen LogP contribution in [0.25, 0.3) is 0 Å². The lowest BCUT2D eigenvalue weighted by Crippen LogP contribution is -2.31. The Balaban J connectivity index is 2.11. The molecule has 2 aromatic carbocycles. The molecule has 3 rings (SSSR count). The SMILES string of the molecule is CCOC(=O)C[C@H]1O[C@H](c2cccc(OCC)c2OCC)c2cc(Cl)ccc2NC1=S. The number of para-hydroxylation sites is 1. The first-order valence-corrected chi connectivity index (χ1v) is 11.1. The molecule has 0 radical (unpaired) electrons. The molecule has 0 aromatic heterocycles. The summed E-state index contributed by atoms with van der Waals surface area (Å²) in [7, 11) is 0. The van der Waals surface area contributed by atoms with E-state index >= 15 is 0 Å². The van der Waals surface area contributed by atoms with E-state index in [1.807, 2.05) is 44.2 Å². The van der Waals surface area contributed by atoms with Gasteiger partial charge in [0.1, 0.15) is 17.2 Å². The van der Waals surface area contributed by atoms with E-state index in [-0.39, 0.29) is 19.0 Å². The van der Waals surface area contributed by atoms with Crippen LogP contribution in [0.5, 0.6) is 11.5 Å². The van der Waals surface area contributed by atoms with Gasteiger partial charge in [-0.3, -0.25) is 4.79 Å². The van der Waals surface area contributed by atoms with Gasteiger partial charge in [-0.1, -0.05) is 36.0 Å². The van der Waals surface area contributed by atoms with Crippen LogP contribution in [0, 0.1) is 0 Å². The van der Waals surface area contributed by atoms with Crippen molar-refractivity contribution < 1.29 is 23.7 Å². The van der Waals surface area contributed by atoms with E-state index in [1.54, 1.807) is 13.0 Å². The van der Waals surface area contributed by atoms with Gasteiger partial charge in [0.2, 0.25) is 0 Å². The summed E-state index contributed by atoms with van der Waals surface area (Å²) in [5, 5.41) is 3.76. The fourth-order valence-corrected chi connectivity index (χ4v) is 3.87. The number of anilines is 1. The molecular formula is C23H26ClNO5S. The summed E-state index contributed by atoms with van der Waals surface area (Å²) in [5.74, 6) is 0.828. The minimum Gasteiger partial charge on any atom is -0.490 e. The molecule has 0 fully saturated rings. The third kappa shape index (κ3) is 5.47. The van der Waals surface area contributed by atoms with Crippen molar-refractivity contribution in [1.29, 1.82) is 0 Å². The molecule has 6 nitrogen and oxygen atoms in total. The van der Waals surface area contributed by atoms with Gasteiger partial charge in [0, 0.05) is 21.8 Å². The molecule has 2 aromatic rings. The van der Waals surface area contributed by atoms with Crippen LogP contribution in [-0.2, 0) is 14.3 Å². The van der Waals surface area contributed by atoms with Crippen molar-refractivity contribution in [3.8, 4) is 11.5 Å². The number of ether oxygens (including phenoxy) is 4. The Labute approximate surface area is 192 Å². The maximum Gasteiger partial charge on any atom is 0.308 e. The number of rotatable bonds is 8. The van der Waals surface area contributed by atoms with Gasteiger partial charge in [-0.05, 0) is 45.0 Å². The van der Waals surface area contributed by atoms with Crippen LogP contribution in [0.2, 0.25) is 5.02 Å². The largest absolute Gasteiger partial charge is 0.490 e. The molecule has 0 saturated heterocycles. The van der Waals surface area contributed by atoms with E-state index in [0.717, 1.165) is 16.8 Å². The highest BCUT2D eigenvalue weighted by atomic mass is 35.5. The minimum atomic E-state index is -0.685. The number of thiocarbonyl (C=S) groups is 1. The Hall–Kier alpha value is -2.35. The van der Waals surface area contributed by atoms with Crippen molar-refractivity contribution in [3.63, 3.8) is 0 Å². The second-order valence-electron chi connectivity index (χ2n) is 6.78. The molecule has 166 valence electrons. The molecule has 2 atom stereocenters. The highest BCUT2D eigenvalue weighted by Gasteiger charge is 2.33. The molecule has 0 unspecified atom stereocenters. The normalized spacial score (nSPS) is 17.9. The highest BCUT2D eigenvalue weighted by Crippen LogP contribution is 2.44. The Bertz CT molecular complexity index is 952. The van der Waals surface area contributed by atoms with Gasteiger partial charge in [-0.25, -0.2) is 0 Å². The number of halogens is 1. The van der Waals surface area contributed by atoms with Gasteiger partial charge >= 0.3 is 5.97 Å². The topological polar surface area (TPSA) is 66.0 Å². The number of carbonyl (C=O) groups is 1. The Kier molecular flexibility index (Phi) is 8.12. The Morgan fingerprint density at radius 2 is 1.87 bits per heavy atom. The lowest BCUT2D eigenvalue weighted by Gasteiger charge is -2.25. The Morgan fingerprint density at radius 1 is 1.10 bits per heavy atom. The van der Waals surface area contributed by atoms with Crippen LogP contribution in [0.4, 0.5) is 5.69 Å². The number of carbonyl (C=O) groups excluding carboxylic acids is 1. The molecule has 31 heavy (non-hydrogen) atoms. The quantitative estimate of drug-likeness (QED) is 0.420. The number of fused-ring (bicyclic) bond motifs is 1. The molecular weight excluding hydrogens is 438 g/mol. The maximum absolute atomic E-state index is 12.2. The average Bonchev–Trinajstić information content (AvgIpc) is 2.86. The van der Waals surface area contributed by atoms with Crippen molar-refractivity contribution >= 4 is 40.5 Å². The van der Waals surface area contributed by atoms with Crippen molar-refractivity contribution in [2.75, 3.05) is 25.1 Å². The fourth-order valence-electron chi connectivity index (χ4n) is 3.44. The van der Waals surface area contributed by atoms with Crippen molar-refractivity contribution in [2.24, 2.45) is 0 Å². The smallest absolute Gasteiger partial charge is 0.308 e. The zero-order valence-corrected chi connectivity index (χ0v) is 19.3. The summed E-state index contributed by atoms with van der Waals surface area (Å²) in [4.78, 5) is 12.6. The van der Waals surface area contributed by atoms with Crippen molar-refractivity contribution in [3.05, 3.63) is 52.5 Å². The third-order valence-corrected chi connectivity index (χ3v) is 5.28. The molecule has 1 heterocycles. The zero-order chi connectivity index (χ0) is 22.4. The predicted octanol–water partition coefficient (Wildman–Crippen LogP) is 5.32. The van der Waals surface area contributed by atoms with Gasteiger partial charge in [-0.2, -0.15) is 0 Å². The molecule has 0 amide bonds. The molecule has 0 aliphatic carbocycles. The van der Waals surface area contributed by atoms with Crippen molar-refractivity contribution in [1.82, 2.24) is 0 Å². The average molecular weight is 464 g/mol. The van der Waals surface area contributed by atoms with Gasteiger partial charge in [0.25, 0.3) is 0 Å². The van der Waals surface area contributed by atoms with Crippen LogP contribution in [-0.4, -0.2) is 36.9 Å². The van der Waals surface area contributed by atoms with Gasteiger partial charge in [-0.15, -0.1) is 0 Å². The molecule has 8 heteroatoms. The first-order valence-electron chi connectivity index (χ1n) is 10.3. The number of nitrogens with one attached hydrogen (secondary N) is 1. The summed E-state index contributed by atoms with van der Waals surface area (Å²) >= 11 is 11.9. The van der Waals surface area contributed by atoms with Gasteiger partial charge < -0.3 is 24.3 Å². The first kappa shape index (κ1) is 23.3. The second-order valence-corrected chi connectivity index (χ2v) is 7.65. The standard InChI is InChI=1S/C23H26ClNO5S/c1-4-27-18-9-7-8-15(22(18)29-6-3)21-16-12-14(24)10-11-17(16)25-23(31)19(30-21)13-20(26)28-5-2/h7-12,19,21H,4-6,13H2,1-3H3,(H,25,31)/t19-,21-/m1/s1. The fraction of sp³-hybridized carbons (Fsp3) is 0.391. The van der Waals surface area contributed by atoms with Crippen molar-refractivity contribution in [2.45, 2.75) is 39.4 Å². The van der Waals surface area contributed by atoms with E-state index in [4.69, 9.17) is 42.8 Å². The first-order chi connectivity index (χ1) is 15.0. The molecule has 0 spiro atoms. The summed E-state index contributed by atoms with van der Waals surface area (Å²) in [6, 6.07) is 11.1. The lowest BCUT2D eigenvalue weighted by atomic mass is 9.98. The second kappa shape index (κ2) is 10.8. The molecule has 1 aliphatic heterocycles. The van der Waals surface area contributed by atoms with Crippen LogP contribution in [0.15, 0.2) is 36.4 Å². The van der Waals surface area contributed by atoms with Crippen LogP contribution in [0.3, 0.4) is 0 Å². The number of esters is 1. The molecule has 0 bridgehead atoms. The monoisotopic (exact) mass is 463 g/mol. The van der Waals surface area contributed by atoms with E-state index in [2.05, 4.69) is 5.32 Å². The van der Waals surface area contributed by atoms with Gasteiger partial charge in [0.05, 0.1) is 26.2 Å². The summed E-state index contributed by atoms with van der Waals surface area (Å²) < 4.78 is 23.3. The van der Waals surface area contributed by atoms with Crippen LogP contribution >= 0.6 is 23.8 Å². The van der Waals surface area contributed by atoms with E-state index in [9.17, 15) is 4.79 Å². The number of hydrogen-bond acceptors (Lipinski definition) is 6. The van der Waals surface area contributed by atoms with E-state index < -0.39 is 12.2 Å². The van der Waals surface area contributed by atoms with Crippen LogP contribution < -0.4 is 14.8 Å². The maximum atomic E-state index is 12.2. The number of benzene rings is 2. The van der Waals surface area contributed by atoms with E-state index in [1.165, 1.54) is 0 Å². The summed E-state index contributed by atoms with van der Waals surface area (Å²) in [6.07, 6.45) is -1.29. The van der Waals surface area contributed by atoms with Gasteiger partial charge in [0.15, 0.2) is 11.5 Å². The minimum absolute atomic E-state index is 0.00693. The number of hydrogen-bond donors (Lipinski definition) is 1. The molecule has 1 aliphatic rings. The summed E-state index contributed by atoms with van der Waals surface area (Å²) in [5.41, 5.74) is 2.31. The van der Waals surface area contributed by atoms with Crippen LogP contribution in [0.1, 0.15) is 44.4 Å². The summed E-state index contributed by atoms with van der Waals surface area (Å²) in [6.45, 7) is 6.82. The molecule has 1 N–H and O–H groups in total. The molecule has 0 saturated carbocycles. The zero-order valence-electron chi connectivity index (χ0n) is 17.8. The third-order valence-electron chi connectivity index (χ3n) is 4.68. The highest BCUT2D eigenvalue weighted by molar-refractivity contribution is 7.80.